The highest BCUT2D eigenvalue weighted by atomic mass is 16.3. The van der Waals surface area contributed by atoms with E-state index < -0.39 is 0 Å². The number of amides is 2. The molecule has 0 radical (unpaired) electrons. The molecule has 1 aliphatic heterocycles. The van der Waals surface area contributed by atoms with Gasteiger partial charge in [-0.05, 0) is 38.3 Å². The average Bonchev–Trinajstić information content (AvgIpc) is 3.18. The summed E-state index contributed by atoms with van der Waals surface area (Å²) < 4.78 is 5.16. The third kappa shape index (κ3) is 4.12. The molecule has 0 bridgehead atoms. The van der Waals surface area contributed by atoms with E-state index in [9.17, 15) is 9.59 Å². The Kier molecular flexibility index (Phi) is 6.04. The fraction of sp³-hybridized carbons (Fsp3) is 0.647. The van der Waals surface area contributed by atoms with Crippen LogP contribution in [0.4, 0.5) is 0 Å². The Balaban J connectivity index is 1.89. The van der Waals surface area contributed by atoms with Gasteiger partial charge in [0.25, 0.3) is 5.91 Å². The summed E-state index contributed by atoms with van der Waals surface area (Å²) in [6.07, 6.45) is 7.53. The maximum Gasteiger partial charge on any atom is 0.290 e. The van der Waals surface area contributed by atoms with Gasteiger partial charge in [0.2, 0.25) is 5.91 Å². The summed E-state index contributed by atoms with van der Waals surface area (Å²) in [5.74, 6) is 0.0679. The molecule has 1 fully saturated rings. The molecular weight excluding hydrogens is 280 g/mol. The lowest BCUT2D eigenvalue weighted by atomic mass is 10.1. The summed E-state index contributed by atoms with van der Waals surface area (Å²) in [6.45, 7) is 4.81. The number of rotatable bonds is 7. The van der Waals surface area contributed by atoms with Crippen molar-refractivity contribution in [1.29, 1.82) is 0 Å². The van der Waals surface area contributed by atoms with Crippen LogP contribution in [-0.4, -0.2) is 35.3 Å². The van der Waals surface area contributed by atoms with E-state index in [2.05, 4.69) is 12.2 Å². The predicted molar refractivity (Wildman–Crippen MR) is 84.5 cm³/mol. The molecule has 0 aromatic carbocycles. The minimum absolute atomic E-state index is 0.0404. The predicted octanol–water partition coefficient (Wildman–Crippen LogP) is 2.97. The van der Waals surface area contributed by atoms with E-state index >= 15 is 0 Å². The van der Waals surface area contributed by atoms with Gasteiger partial charge in [-0.1, -0.05) is 26.2 Å². The number of likely N-dealkylation sites (tertiary alicyclic amines) is 1. The van der Waals surface area contributed by atoms with Crippen LogP contribution in [0.15, 0.2) is 22.8 Å². The molecule has 1 saturated heterocycles. The van der Waals surface area contributed by atoms with E-state index in [1.807, 2.05) is 6.92 Å². The maximum atomic E-state index is 12.4. The van der Waals surface area contributed by atoms with Crippen molar-refractivity contribution >= 4 is 11.8 Å². The number of hydrogen-bond acceptors (Lipinski definition) is 3. The molecule has 0 aliphatic carbocycles. The Bertz CT molecular complexity index is 484. The van der Waals surface area contributed by atoms with Gasteiger partial charge in [0.15, 0.2) is 5.76 Å². The van der Waals surface area contributed by atoms with Crippen LogP contribution in [0.25, 0.3) is 0 Å². The molecule has 2 unspecified atom stereocenters. The quantitative estimate of drug-likeness (QED) is 0.788. The van der Waals surface area contributed by atoms with Crippen molar-refractivity contribution in [3.63, 3.8) is 0 Å². The van der Waals surface area contributed by atoms with Gasteiger partial charge in [0, 0.05) is 12.6 Å². The molecule has 2 atom stereocenters. The molecule has 2 amide bonds. The van der Waals surface area contributed by atoms with Gasteiger partial charge in [0.1, 0.15) is 6.04 Å². The third-order valence-corrected chi connectivity index (χ3v) is 4.18. The minimum Gasteiger partial charge on any atom is -0.459 e. The van der Waals surface area contributed by atoms with Crippen LogP contribution in [0.1, 0.15) is 62.9 Å². The first kappa shape index (κ1) is 16.6. The Morgan fingerprint density at radius 3 is 2.95 bits per heavy atom. The van der Waals surface area contributed by atoms with E-state index in [4.69, 9.17) is 4.42 Å². The second-order valence-electron chi connectivity index (χ2n) is 6.04. The van der Waals surface area contributed by atoms with Crippen LogP contribution < -0.4 is 5.32 Å². The maximum absolute atomic E-state index is 12.4. The number of hydrogen-bond donors (Lipinski definition) is 1. The van der Waals surface area contributed by atoms with Gasteiger partial charge in [-0.2, -0.15) is 0 Å². The lowest BCUT2D eigenvalue weighted by Crippen LogP contribution is -2.48. The molecule has 5 heteroatoms. The standard InChI is InChI=1S/C17H26N2O3/c1-3-4-5-8-13(2)18-16(20)14-9-6-11-19(14)17(21)15-10-7-12-22-15/h7,10,12-14H,3-6,8-9,11H2,1-2H3,(H,18,20). The first-order valence-corrected chi connectivity index (χ1v) is 8.28. The van der Waals surface area contributed by atoms with Crippen LogP contribution in [0.2, 0.25) is 0 Å². The van der Waals surface area contributed by atoms with Crippen molar-refractivity contribution in [2.24, 2.45) is 0 Å². The van der Waals surface area contributed by atoms with Gasteiger partial charge in [-0.3, -0.25) is 9.59 Å². The lowest BCUT2D eigenvalue weighted by Gasteiger charge is -2.24. The zero-order valence-corrected chi connectivity index (χ0v) is 13.5. The Labute approximate surface area is 132 Å². The van der Waals surface area contributed by atoms with E-state index in [0.717, 1.165) is 25.7 Å². The number of nitrogens with one attached hydrogen (secondary N) is 1. The highest BCUT2D eigenvalue weighted by molar-refractivity contribution is 5.96. The fourth-order valence-corrected chi connectivity index (χ4v) is 2.94. The SMILES string of the molecule is CCCCCC(C)NC(=O)C1CCCN1C(=O)c1ccco1. The van der Waals surface area contributed by atoms with Crippen LogP contribution in [0, 0.1) is 0 Å². The summed E-state index contributed by atoms with van der Waals surface area (Å²) in [7, 11) is 0. The summed E-state index contributed by atoms with van der Waals surface area (Å²) in [4.78, 5) is 26.4. The lowest BCUT2D eigenvalue weighted by molar-refractivity contribution is -0.125. The number of carbonyl (C=O) groups is 2. The second-order valence-corrected chi connectivity index (χ2v) is 6.04. The van der Waals surface area contributed by atoms with Crippen molar-refractivity contribution in [3.8, 4) is 0 Å². The van der Waals surface area contributed by atoms with Gasteiger partial charge >= 0.3 is 0 Å². The van der Waals surface area contributed by atoms with Gasteiger partial charge in [-0.15, -0.1) is 0 Å². The highest BCUT2D eigenvalue weighted by Gasteiger charge is 2.35. The van der Waals surface area contributed by atoms with Crippen molar-refractivity contribution in [2.75, 3.05) is 6.54 Å². The fourth-order valence-electron chi connectivity index (χ4n) is 2.94. The van der Waals surface area contributed by atoms with Crippen LogP contribution >= 0.6 is 0 Å². The van der Waals surface area contributed by atoms with Gasteiger partial charge in [0.05, 0.1) is 6.26 Å². The molecule has 0 saturated carbocycles. The molecule has 5 nitrogen and oxygen atoms in total. The molecule has 1 aliphatic rings. The first-order chi connectivity index (χ1) is 10.6. The van der Waals surface area contributed by atoms with Crippen molar-refractivity contribution in [1.82, 2.24) is 10.2 Å². The molecule has 2 heterocycles. The summed E-state index contributed by atoms with van der Waals surface area (Å²) in [6, 6.07) is 3.11. The summed E-state index contributed by atoms with van der Waals surface area (Å²) in [5, 5.41) is 3.05. The Morgan fingerprint density at radius 2 is 2.27 bits per heavy atom. The zero-order chi connectivity index (χ0) is 15.9. The number of unbranched alkanes of at least 4 members (excludes halogenated alkanes) is 2. The summed E-state index contributed by atoms with van der Waals surface area (Å²) >= 11 is 0. The molecule has 1 N–H and O–H groups in total. The zero-order valence-electron chi connectivity index (χ0n) is 13.5. The van der Waals surface area contributed by atoms with Crippen LogP contribution in [-0.2, 0) is 4.79 Å². The van der Waals surface area contributed by atoms with Crippen molar-refractivity contribution in [3.05, 3.63) is 24.2 Å². The largest absolute Gasteiger partial charge is 0.459 e. The number of nitrogens with zero attached hydrogens (tertiary/aromatic N) is 1. The monoisotopic (exact) mass is 306 g/mol. The molecule has 2 rings (SSSR count). The van der Waals surface area contributed by atoms with E-state index in [1.165, 1.54) is 19.1 Å². The molecule has 122 valence electrons. The van der Waals surface area contributed by atoms with E-state index in [1.54, 1.807) is 17.0 Å². The number of furan rings is 1. The Morgan fingerprint density at radius 1 is 1.45 bits per heavy atom. The average molecular weight is 306 g/mol. The molecule has 0 spiro atoms. The van der Waals surface area contributed by atoms with Gasteiger partial charge < -0.3 is 14.6 Å². The van der Waals surface area contributed by atoms with E-state index in [-0.39, 0.29) is 23.9 Å². The van der Waals surface area contributed by atoms with E-state index in [0.29, 0.717) is 12.3 Å². The summed E-state index contributed by atoms with van der Waals surface area (Å²) in [5.41, 5.74) is 0. The Hall–Kier alpha value is -1.78. The molecule has 22 heavy (non-hydrogen) atoms. The van der Waals surface area contributed by atoms with Crippen molar-refractivity contribution < 1.29 is 14.0 Å². The molecule has 1 aromatic heterocycles. The molecular formula is C17H26N2O3. The first-order valence-electron chi connectivity index (χ1n) is 8.28. The minimum atomic E-state index is -0.369. The third-order valence-electron chi connectivity index (χ3n) is 4.18. The van der Waals surface area contributed by atoms with Crippen LogP contribution in [0.5, 0.6) is 0 Å². The normalized spacial score (nSPS) is 19.2. The topological polar surface area (TPSA) is 62.6 Å². The van der Waals surface area contributed by atoms with Crippen molar-refractivity contribution in [2.45, 2.75) is 64.5 Å². The number of carbonyl (C=O) groups excluding carboxylic acids is 2. The highest BCUT2D eigenvalue weighted by Crippen LogP contribution is 2.21. The van der Waals surface area contributed by atoms with Gasteiger partial charge in [-0.25, -0.2) is 0 Å². The second kappa shape index (κ2) is 8.01. The smallest absolute Gasteiger partial charge is 0.290 e. The molecule has 1 aromatic rings. The van der Waals surface area contributed by atoms with Crippen LogP contribution in [0.3, 0.4) is 0 Å².